The highest BCUT2D eigenvalue weighted by atomic mass is 19.4. The second-order valence-electron chi connectivity index (χ2n) is 5.98. The van der Waals surface area contributed by atoms with Gasteiger partial charge in [-0.1, -0.05) is 5.16 Å². The Morgan fingerprint density at radius 1 is 1.28 bits per heavy atom. The molecule has 2 rings (SSSR count). The lowest BCUT2D eigenvalue weighted by molar-refractivity contribution is -0.137. The average Bonchev–Trinajstić information content (AvgIpc) is 2.82. The fourth-order valence-corrected chi connectivity index (χ4v) is 2.51. The Kier molecular flexibility index (Phi) is 5.39. The van der Waals surface area contributed by atoms with E-state index < -0.39 is 11.7 Å². The van der Waals surface area contributed by atoms with Crippen molar-refractivity contribution >= 4 is 17.3 Å². The van der Waals surface area contributed by atoms with E-state index in [0.717, 1.165) is 17.7 Å². The zero-order chi connectivity index (χ0) is 18.8. The number of benzene rings is 1. The topological polar surface area (TPSA) is 58.4 Å². The SMILES string of the molecule is Cc1noc(C)c1CCC(=O)Nc1cc(C(F)(F)F)ccc1N(C)C. The van der Waals surface area contributed by atoms with Crippen LogP contribution in [0.5, 0.6) is 0 Å². The van der Waals surface area contributed by atoms with Crippen LogP contribution in [0.2, 0.25) is 0 Å². The van der Waals surface area contributed by atoms with E-state index >= 15 is 0 Å². The summed E-state index contributed by atoms with van der Waals surface area (Å²) in [5, 5.41) is 6.39. The third kappa shape index (κ3) is 4.52. The van der Waals surface area contributed by atoms with Crippen molar-refractivity contribution in [2.45, 2.75) is 32.9 Å². The predicted molar refractivity (Wildman–Crippen MR) is 88.7 cm³/mol. The third-order valence-corrected chi connectivity index (χ3v) is 3.86. The maximum atomic E-state index is 12.9. The molecular formula is C17H20F3N3O2. The highest BCUT2D eigenvalue weighted by Crippen LogP contribution is 2.35. The van der Waals surface area contributed by atoms with Gasteiger partial charge in [-0.3, -0.25) is 4.79 Å². The minimum absolute atomic E-state index is 0.117. The van der Waals surface area contributed by atoms with Crippen molar-refractivity contribution < 1.29 is 22.5 Å². The highest BCUT2D eigenvalue weighted by Gasteiger charge is 2.31. The maximum Gasteiger partial charge on any atom is 0.416 e. The molecule has 0 atom stereocenters. The van der Waals surface area contributed by atoms with E-state index in [1.807, 2.05) is 0 Å². The van der Waals surface area contributed by atoms with Crippen molar-refractivity contribution in [3.05, 3.63) is 40.8 Å². The molecule has 0 saturated carbocycles. The van der Waals surface area contributed by atoms with Crippen LogP contribution in [0.3, 0.4) is 0 Å². The number of hydrogen-bond acceptors (Lipinski definition) is 4. The molecule has 8 heteroatoms. The number of hydrogen-bond donors (Lipinski definition) is 1. The van der Waals surface area contributed by atoms with Crippen LogP contribution >= 0.6 is 0 Å². The summed E-state index contributed by atoms with van der Waals surface area (Å²) in [5.74, 6) is 0.265. The number of carbonyl (C=O) groups is 1. The number of aromatic nitrogens is 1. The zero-order valence-electron chi connectivity index (χ0n) is 14.5. The molecule has 1 aromatic carbocycles. The molecule has 0 radical (unpaired) electrons. The van der Waals surface area contributed by atoms with Crippen molar-refractivity contribution in [3.63, 3.8) is 0 Å². The van der Waals surface area contributed by atoms with Crippen LogP contribution in [-0.2, 0) is 17.4 Å². The lowest BCUT2D eigenvalue weighted by atomic mass is 10.1. The lowest BCUT2D eigenvalue weighted by Crippen LogP contribution is -2.18. The van der Waals surface area contributed by atoms with Crippen molar-refractivity contribution in [2.75, 3.05) is 24.3 Å². The molecule has 0 saturated heterocycles. The summed E-state index contributed by atoms with van der Waals surface area (Å²) in [5.41, 5.74) is 1.37. The molecule has 0 aliphatic carbocycles. The van der Waals surface area contributed by atoms with Gasteiger partial charge in [-0.05, 0) is 38.5 Å². The number of anilines is 2. The standard InChI is InChI=1S/C17H20F3N3O2/c1-10-13(11(2)25-22-10)6-8-16(24)21-14-9-12(17(18,19)20)5-7-15(14)23(3)4/h5,7,9H,6,8H2,1-4H3,(H,21,24). The molecule has 0 aliphatic heterocycles. The Bertz CT molecular complexity index is 747. The smallest absolute Gasteiger partial charge is 0.376 e. The molecule has 0 aliphatic rings. The van der Waals surface area contributed by atoms with Crippen LogP contribution in [0.1, 0.15) is 29.0 Å². The Balaban J connectivity index is 2.16. The molecule has 1 N–H and O–H groups in total. The van der Waals surface area contributed by atoms with Crippen molar-refractivity contribution in [1.82, 2.24) is 5.16 Å². The number of nitrogens with one attached hydrogen (secondary N) is 1. The molecule has 1 heterocycles. The first-order valence-electron chi connectivity index (χ1n) is 7.69. The van der Waals surface area contributed by atoms with Gasteiger partial charge in [0.1, 0.15) is 5.76 Å². The fourth-order valence-electron chi connectivity index (χ4n) is 2.51. The molecule has 2 aromatic rings. The second kappa shape index (κ2) is 7.16. The minimum Gasteiger partial charge on any atom is -0.376 e. The number of nitrogens with zero attached hydrogens (tertiary/aromatic N) is 2. The number of aryl methyl sites for hydroxylation is 2. The van der Waals surface area contributed by atoms with Crippen LogP contribution in [-0.4, -0.2) is 25.2 Å². The molecule has 0 fully saturated rings. The molecule has 0 bridgehead atoms. The molecule has 0 spiro atoms. The minimum atomic E-state index is -4.47. The largest absolute Gasteiger partial charge is 0.416 e. The Morgan fingerprint density at radius 2 is 1.96 bits per heavy atom. The monoisotopic (exact) mass is 355 g/mol. The van der Waals surface area contributed by atoms with Crippen molar-refractivity contribution in [2.24, 2.45) is 0 Å². The first-order valence-corrected chi connectivity index (χ1v) is 7.69. The first-order chi connectivity index (χ1) is 11.6. The normalized spacial score (nSPS) is 11.5. The summed E-state index contributed by atoms with van der Waals surface area (Å²) in [4.78, 5) is 13.8. The average molecular weight is 355 g/mol. The van der Waals surface area contributed by atoms with Crippen molar-refractivity contribution in [3.8, 4) is 0 Å². The van der Waals surface area contributed by atoms with Gasteiger partial charge in [0.2, 0.25) is 5.91 Å². The number of rotatable bonds is 5. The molecule has 136 valence electrons. The molecular weight excluding hydrogens is 335 g/mol. The molecule has 25 heavy (non-hydrogen) atoms. The summed E-state index contributed by atoms with van der Waals surface area (Å²) in [6, 6.07) is 3.28. The van der Waals surface area contributed by atoms with E-state index in [1.165, 1.54) is 6.07 Å². The lowest BCUT2D eigenvalue weighted by Gasteiger charge is -2.19. The molecule has 1 amide bonds. The Hall–Kier alpha value is -2.51. The quantitative estimate of drug-likeness (QED) is 0.882. The third-order valence-electron chi connectivity index (χ3n) is 3.86. The summed E-state index contributed by atoms with van der Waals surface area (Å²) in [6.07, 6.45) is -3.95. The van der Waals surface area contributed by atoms with Gasteiger partial charge in [0.25, 0.3) is 0 Å². The van der Waals surface area contributed by atoms with Crippen LogP contribution < -0.4 is 10.2 Å². The van der Waals surface area contributed by atoms with Gasteiger partial charge in [0, 0.05) is 26.1 Å². The van der Waals surface area contributed by atoms with E-state index in [4.69, 9.17) is 4.52 Å². The fraction of sp³-hybridized carbons (Fsp3) is 0.412. The van der Waals surface area contributed by atoms with Crippen LogP contribution in [0.15, 0.2) is 22.7 Å². The summed E-state index contributed by atoms with van der Waals surface area (Å²) in [7, 11) is 3.39. The number of halogens is 3. The maximum absolute atomic E-state index is 12.9. The summed E-state index contributed by atoms with van der Waals surface area (Å²) in [6.45, 7) is 3.53. The summed E-state index contributed by atoms with van der Waals surface area (Å²) >= 11 is 0. The van der Waals surface area contributed by atoms with Gasteiger partial charge in [0.15, 0.2) is 0 Å². The van der Waals surface area contributed by atoms with Gasteiger partial charge in [-0.25, -0.2) is 0 Å². The van der Waals surface area contributed by atoms with Crippen LogP contribution in [0.25, 0.3) is 0 Å². The number of alkyl halides is 3. The van der Waals surface area contributed by atoms with E-state index in [0.29, 0.717) is 23.6 Å². The van der Waals surface area contributed by atoms with Gasteiger partial charge in [-0.2, -0.15) is 13.2 Å². The van der Waals surface area contributed by atoms with Crippen LogP contribution in [0, 0.1) is 13.8 Å². The molecule has 1 aromatic heterocycles. The highest BCUT2D eigenvalue weighted by molar-refractivity contribution is 5.94. The van der Waals surface area contributed by atoms with Gasteiger partial charge >= 0.3 is 6.18 Å². The predicted octanol–water partition coefficient (Wildman–Crippen LogP) is 3.95. The Labute approximate surface area is 143 Å². The van der Waals surface area contributed by atoms with E-state index in [9.17, 15) is 18.0 Å². The van der Waals surface area contributed by atoms with Gasteiger partial charge in [-0.15, -0.1) is 0 Å². The van der Waals surface area contributed by atoms with Gasteiger partial charge in [0.05, 0.1) is 22.6 Å². The Morgan fingerprint density at radius 3 is 2.48 bits per heavy atom. The zero-order valence-corrected chi connectivity index (χ0v) is 14.5. The molecule has 5 nitrogen and oxygen atoms in total. The summed E-state index contributed by atoms with van der Waals surface area (Å²) < 4.78 is 43.8. The second-order valence-corrected chi connectivity index (χ2v) is 5.98. The van der Waals surface area contributed by atoms with Gasteiger partial charge < -0.3 is 14.7 Å². The van der Waals surface area contributed by atoms with E-state index in [2.05, 4.69) is 10.5 Å². The van der Waals surface area contributed by atoms with E-state index in [-0.39, 0.29) is 18.0 Å². The first kappa shape index (κ1) is 18.8. The van der Waals surface area contributed by atoms with Crippen molar-refractivity contribution in [1.29, 1.82) is 0 Å². The van der Waals surface area contributed by atoms with E-state index in [1.54, 1.807) is 32.8 Å². The number of amides is 1. The van der Waals surface area contributed by atoms with Crippen LogP contribution in [0.4, 0.5) is 24.5 Å². The number of carbonyl (C=O) groups excluding carboxylic acids is 1. The molecule has 0 unspecified atom stereocenters.